The summed E-state index contributed by atoms with van der Waals surface area (Å²) in [5.74, 6) is 0. The molecule has 1 aliphatic rings. The topological polar surface area (TPSA) is 0 Å². The number of rotatable bonds is 3. The van der Waals surface area contributed by atoms with Gasteiger partial charge < -0.3 is 0 Å². The lowest BCUT2D eigenvalue weighted by atomic mass is 10.0. The first kappa shape index (κ1) is 7.60. The number of allylic oxidation sites excluding steroid dienone is 2. The second-order valence-electron chi connectivity index (χ2n) is 3.34. The minimum absolute atomic E-state index is 1.21. The largest absolute Gasteiger partial charge is 0.0760 e. The molecule has 0 atom stereocenters. The lowest BCUT2D eigenvalue weighted by Gasteiger charge is -2.04. The molecular weight excluding hydrogens is 144 g/mol. The highest BCUT2D eigenvalue weighted by atomic mass is 14.2. The molecule has 0 N–H and O–H groups in total. The van der Waals surface area contributed by atoms with Crippen LogP contribution in [0.25, 0.3) is 5.57 Å². The zero-order chi connectivity index (χ0) is 8.39. The van der Waals surface area contributed by atoms with E-state index in [4.69, 9.17) is 0 Å². The predicted molar refractivity (Wildman–Crippen MR) is 53.0 cm³/mol. The van der Waals surface area contributed by atoms with Gasteiger partial charge in [-0.05, 0) is 29.5 Å². The van der Waals surface area contributed by atoms with Crippen molar-refractivity contribution in [3.8, 4) is 0 Å². The van der Waals surface area contributed by atoms with Crippen molar-refractivity contribution in [2.24, 2.45) is 0 Å². The predicted octanol–water partition coefficient (Wildman–Crippen LogP) is 3.43. The van der Waals surface area contributed by atoms with Gasteiger partial charge in [-0.1, -0.05) is 43.7 Å². The summed E-state index contributed by atoms with van der Waals surface area (Å²) in [6.45, 7) is 2.23. The molecule has 0 unspecified atom stereocenters. The maximum absolute atomic E-state index is 2.30. The van der Waals surface area contributed by atoms with E-state index < -0.39 is 0 Å². The van der Waals surface area contributed by atoms with E-state index in [-0.39, 0.29) is 0 Å². The van der Waals surface area contributed by atoms with Crippen LogP contribution in [0.5, 0.6) is 0 Å². The Labute approximate surface area is 73.9 Å². The fourth-order valence-corrected chi connectivity index (χ4v) is 1.59. The van der Waals surface area contributed by atoms with Gasteiger partial charge in [0, 0.05) is 0 Å². The third-order valence-corrected chi connectivity index (χ3v) is 2.29. The molecule has 0 radical (unpaired) electrons. The van der Waals surface area contributed by atoms with Crippen LogP contribution in [0, 0.1) is 0 Å². The third-order valence-electron chi connectivity index (χ3n) is 2.29. The molecule has 0 nitrogen and oxygen atoms in total. The molecule has 0 fully saturated rings. The highest BCUT2D eigenvalue weighted by Crippen LogP contribution is 2.33. The molecule has 0 saturated carbocycles. The first-order valence-corrected chi connectivity index (χ1v) is 4.69. The third kappa shape index (κ3) is 1.42. The van der Waals surface area contributed by atoms with Crippen molar-refractivity contribution in [2.75, 3.05) is 0 Å². The molecular formula is C12H14. The summed E-state index contributed by atoms with van der Waals surface area (Å²) in [7, 11) is 0. The van der Waals surface area contributed by atoms with E-state index >= 15 is 0 Å². The van der Waals surface area contributed by atoms with Gasteiger partial charge in [0.1, 0.15) is 0 Å². The van der Waals surface area contributed by atoms with Crippen LogP contribution in [-0.4, -0.2) is 0 Å². The first-order valence-electron chi connectivity index (χ1n) is 4.69. The SMILES string of the molecule is CCCc1ccccc1C1=CC1. The molecule has 0 aliphatic heterocycles. The van der Waals surface area contributed by atoms with Crippen LogP contribution in [0.4, 0.5) is 0 Å². The molecule has 1 aromatic carbocycles. The van der Waals surface area contributed by atoms with Crippen LogP contribution in [0.1, 0.15) is 30.9 Å². The number of benzene rings is 1. The van der Waals surface area contributed by atoms with E-state index in [9.17, 15) is 0 Å². The number of aryl methyl sites for hydroxylation is 1. The zero-order valence-electron chi connectivity index (χ0n) is 7.51. The summed E-state index contributed by atoms with van der Waals surface area (Å²) >= 11 is 0. The van der Waals surface area contributed by atoms with Gasteiger partial charge in [0.15, 0.2) is 0 Å². The number of hydrogen-bond donors (Lipinski definition) is 0. The molecule has 0 amide bonds. The van der Waals surface area contributed by atoms with E-state index in [2.05, 4.69) is 37.3 Å². The lowest BCUT2D eigenvalue weighted by Crippen LogP contribution is -1.87. The van der Waals surface area contributed by atoms with E-state index in [1.54, 1.807) is 5.57 Å². The molecule has 0 bridgehead atoms. The average Bonchev–Trinajstić information content (AvgIpc) is 2.89. The van der Waals surface area contributed by atoms with E-state index in [0.717, 1.165) is 0 Å². The fourth-order valence-electron chi connectivity index (χ4n) is 1.59. The van der Waals surface area contributed by atoms with Crippen LogP contribution in [0.3, 0.4) is 0 Å². The van der Waals surface area contributed by atoms with E-state index in [0.29, 0.717) is 0 Å². The summed E-state index contributed by atoms with van der Waals surface area (Å²) in [6, 6.07) is 8.76. The molecule has 1 aliphatic carbocycles. The Bertz CT molecular complexity index is 308. The summed E-state index contributed by atoms with van der Waals surface area (Å²) < 4.78 is 0. The van der Waals surface area contributed by atoms with Gasteiger partial charge in [-0.25, -0.2) is 0 Å². The minimum atomic E-state index is 1.21. The zero-order valence-corrected chi connectivity index (χ0v) is 7.51. The fraction of sp³-hybridized carbons (Fsp3) is 0.333. The normalized spacial score (nSPS) is 14.2. The second kappa shape index (κ2) is 3.14. The summed E-state index contributed by atoms with van der Waals surface area (Å²) in [5.41, 5.74) is 4.54. The van der Waals surface area contributed by atoms with Crippen molar-refractivity contribution in [1.29, 1.82) is 0 Å². The Morgan fingerprint density at radius 3 is 2.67 bits per heavy atom. The van der Waals surface area contributed by atoms with Crippen LogP contribution >= 0.6 is 0 Å². The molecule has 0 heterocycles. The molecule has 0 spiro atoms. The number of hydrogen-bond acceptors (Lipinski definition) is 0. The Morgan fingerprint density at radius 1 is 1.25 bits per heavy atom. The Hall–Kier alpha value is -1.04. The summed E-state index contributed by atoms with van der Waals surface area (Å²) in [5, 5.41) is 0. The maximum atomic E-state index is 2.30. The van der Waals surface area contributed by atoms with Crippen LogP contribution in [-0.2, 0) is 6.42 Å². The van der Waals surface area contributed by atoms with Crippen molar-refractivity contribution in [3.63, 3.8) is 0 Å². The molecule has 2 rings (SSSR count). The summed E-state index contributed by atoms with van der Waals surface area (Å²) in [6.07, 6.45) is 5.97. The van der Waals surface area contributed by atoms with Gasteiger partial charge in [-0.3, -0.25) is 0 Å². The maximum Gasteiger partial charge on any atom is -0.00883 e. The molecule has 0 saturated heterocycles. The van der Waals surface area contributed by atoms with Crippen molar-refractivity contribution < 1.29 is 0 Å². The minimum Gasteiger partial charge on any atom is -0.0760 e. The van der Waals surface area contributed by atoms with E-state index in [1.165, 1.54) is 30.4 Å². The van der Waals surface area contributed by atoms with E-state index in [1.807, 2.05) is 0 Å². The van der Waals surface area contributed by atoms with Crippen LogP contribution < -0.4 is 0 Å². The van der Waals surface area contributed by atoms with Crippen molar-refractivity contribution in [3.05, 3.63) is 41.5 Å². The highest BCUT2D eigenvalue weighted by molar-refractivity contribution is 5.79. The molecule has 62 valence electrons. The van der Waals surface area contributed by atoms with Crippen LogP contribution in [0.15, 0.2) is 30.3 Å². The van der Waals surface area contributed by atoms with Crippen molar-refractivity contribution >= 4 is 5.57 Å². The average molecular weight is 158 g/mol. The van der Waals surface area contributed by atoms with Gasteiger partial charge in [0.25, 0.3) is 0 Å². The molecule has 1 aromatic rings. The quantitative estimate of drug-likeness (QED) is 0.632. The van der Waals surface area contributed by atoms with Gasteiger partial charge >= 0.3 is 0 Å². The Morgan fingerprint density at radius 2 is 2.00 bits per heavy atom. The highest BCUT2D eigenvalue weighted by Gasteiger charge is 2.12. The molecule has 0 aromatic heterocycles. The van der Waals surface area contributed by atoms with Gasteiger partial charge in [0.2, 0.25) is 0 Å². The molecule has 0 heteroatoms. The van der Waals surface area contributed by atoms with Crippen LogP contribution in [0.2, 0.25) is 0 Å². The van der Waals surface area contributed by atoms with Gasteiger partial charge in [0.05, 0.1) is 0 Å². The molecule has 12 heavy (non-hydrogen) atoms. The van der Waals surface area contributed by atoms with Gasteiger partial charge in [-0.15, -0.1) is 0 Å². The van der Waals surface area contributed by atoms with Crippen molar-refractivity contribution in [1.82, 2.24) is 0 Å². The Kier molecular flexibility index (Phi) is 1.99. The smallest absolute Gasteiger partial charge is 0.00883 e. The second-order valence-corrected chi connectivity index (χ2v) is 3.34. The first-order chi connectivity index (χ1) is 5.92. The van der Waals surface area contributed by atoms with Crippen molar-refractivity contribution in [2.45, 2.75) is 26.2 Å². The standard InChI is InChI=1S/C12H14/c1-2-5-10-6-3-4-7-12(10)11-8-9-11/h3-4,6-8H,2,5,9H2,1H3. The van der Waals surface area contributed by atoms with Gasteiger partial charge in [-0.2, -0.15) is 0 Å². The summed E-state index contributed by atoms with van der Waals surface area (Å²) in [4.78, 5) is 0. The monoisotopic (exact) mass is 158 g/mol. The Balaban J connectivity index is 2.31. The lowest BCUT2D eigenvalue weighted by molar-refractivity contribution is 0.919.